The van der Waals surface area contributed by atoms with E-state index in [-0.39, 0.29) is 36.8 Å². The van der Waals surface area contributed by atoms with Crippen molar-refractivity contribution in [1.29, 1.82) is 0 Å². The van der Waals surface area contributed by atoms with Crippen LogP contribution in [0.4, 0.5) is 10.2 Å². The van der Waals surface area contributed by atoms with Gasteiger partial charge in [0.05, 0.1) is 35.4 Å². The lowest BCUT2D eigenvalue weighted by molar-refractivity contribution is 0.0943. The van der Waals surface area contributed by atoms with Crippen LogP contribution in [-0.2, 0) is 4.74 Å². The second-order valence-corrected chi connectivity index (χ2v) is 10.5. The van der Waals surface area contributed by atoms with Gasteiger partial charge in [-0.1, -0.05) is 19.6 Å². The second kappa shape index (κ2) is 10.9. The lowest BCUT2D eigenvalue weighted by Gasteiger charge is -2.28. The van der Waals surface area contributed by atoms with E-state index in [9.17, 15) is 14.7 Å². The molecule has 0 saturated carbocycles. The van der Waals surface area contributed by atoms with Crippen LogP contribution in [-0.4, -0.2) is 83.9 Å². The smallest absolute Gasteiger partial charge is 0.258 e. The van der Waals surface area contributed by atoms with Gasteiger partial charge in [0.2, 0.25) is 5.43 Å². The van der Waals surface area contributed by atoms with Gasteiger partial charge in [0, 0.05) is 32.2 Å². The molecular formula is C27H32FN5O4S. The number of anilines is 1. The molecule has 2 aliphatic heterocycles. The number of nitrogens with one attached hydrogen (secondary N) is 1. The van der Waals surface area contributed by atoms with Gasteiger partial charge in [-0.15, -0.1) is 11.3 Å². The molecule has 2 saturated heterocycles. The molecule has 1 atom stereocenters. The van der Waals surface area contributed by atoms with Gasteiger partial charge in [-0.25, -0.2) is 9.37 Å². The van der Waals surface area contributed by atoms with E-state index in [0.717, 1.165) is 29.6 Å². The van der Waals surface area contributed by atoms with E-state index in [1.807, 2.05) is 29.2 Å². The number of amides is 1. The Bertz CT molecular complexity index is 1550. The molecule has 2 N–H and O–H groups in total. The number of thiazole rings is 1. The number of aliphatic hydroxyl groups excluding tert-OH is 1. The van der Waals surface area contributed by atoms with E-state index in [1.165, 1.54) is 17.4 Å². The quantitative estimate of drug-likeness (QED) is 0.387. The molecule has 9 nitrogen and oxygen atoms in total. The van der Waals surface area contributed by atoms with Gasteiger partial charge in [0.1, 0.15) is 10.4 Å². The monoisotopic (exact) mass is 541 g/mol. The molecule has 3 aromatic heterocycles. The fraction of sp³-hybridized carbons (Fsp3) is 0.444. The number of ether oxygens (including phenoxy) is 1. The zero-order valence-corrected chi connectivity index (χ0v) is 21.1. The Morgan fingerprint density at radius 2 is 2.03 bits per heavy atom. The highest BCUT2D eigenvalue weighted by Gasteiger charge is 2.27. The van der Waals surface area contributed by atoms with Crippen molar-refractivity contribution in [1.82, 2.24) is 19.6 Å². The van der Waals surface area contributed by atoms with Crippen LogP contribution >= 0.6 is 11.3 Å². The number of pyridine rings is 2. The van der Waals surface area contributed by atoms with Crippen molar-refractivity contribution in [2.45, 2.75) is 26.3 Å². The number of aliphatic hydroxyl groups is 1. The number of halogens is 1. The number of hydrogen-bond donors (Lipinski definition) is 2. The van der Waals surface area contributed by atoms with Crippen molar-refractivity contribution in [3.05, 3.63) is 51.9 Å². The normalized spacial score (nSPS) is 18.4. The number of benzene rings is 1. The Kier molecular flexibility index (Phi) is 7.62. The lowest BCUT2D eigenvalue weighted by atomic mass is 10.1. The molecule has 5 heterocycles. The zero-order valence-electron chi connectivity index (χ0n) is 20.3. The van der Waals surface area contributed by atoms with Gasteiger partial charge in [-0.2, -0.15) is 0 Å². The molecule has 11 heteroatoms. The standard InChI is InChI=1S/C26H28FN5O4S.CH4/c27-18-14-17-22(34)21(25(35)28-7-9-30-8-3-4-16(30)15-33)26-32(19-5-1-2-6-20(19)37-26)23(17)29-24(18)31-10-12-36-13-11-31;/h1-2,5-6,14,16,33H,3-4,7-13,15H2,(H,28,35);1H4/t16-;/m1./s1. The first-order valence-corrected chi connectivity index (χ1v) is 13.4. The number of fused-ring (bicyclic) bond motifs is 5. The van der Waals surface area contributed by atoms with Crippen LogP contribution in [0, 0.1) is 5.82 Å². The van der Waals surface area contributed by atoms with E-state index in [0.29, 0.717) is 49.9 Å². The van der Waals surface area contributed by atoms with E-state index in [2.05, 4.69) is 15.2 Å². The lowest BCUT2D eigenvalue weighted by Crippen LogP contribution is -2.40. The van der Waals surface area contributed by atoms with E-state index < -0.39 is 17.2 Å². The maximum absolute atomic E-state index is 15.3. The van der Waals surface area contributed by atoms with Crippen molar-refractivity contribution in [2.24, 2.45) is 0 Å². The van der Waals surface area contributed by atoms with Crippen LogP contribution in [0.5, 0.6) is 0 Å². The fourth-order valence-corrected chi connectivity index (χ4v) is 6.58. The van der Waals surface area contributed by atoms with Gasteiger partial charge in [-0.05, 0) is 37.6 Å². The Balaban J connectivity index is 0.00000294. The average molecular weight is 542 g/mol. The van der Waals surface area contributed by atoms with E-state index in [1.54, 1.807) is 4.40 Å². The van der Waals surface area contributed by atoms with Crippen molar-refractivity contribution < 1.29 is 19.0 Å². The predicted octanol–water partition coefficient (Wildman–Crippen LogP) is 2.86. The largest absolute Gasteiger partial charge is 0.395 e. The first-order chi connectivity index (χ1) is 18.1. The fourth-order valence-electron chi connectivity index (χ4n) is 5.39. The van der Waals surface area contributed by atoms with Gasteiger partial charge in [0.15, 0.2) is 17.3 Å². The molecule has 0 spiro atoms. The minimum atomic E-state index is -0.596. The van der Waals surface area contributed by atoms with Crippen LogP contribution < -0.4 is 15.6 Å². The number of morpholine rings is 1. The predicted molar refractivity (Wildman–Crippen MR) is 148 cm³/mol. The number of carbonyl (C=O) groups excluding carboxylic acids is 1. The van der Waals surface area contributed by atoms with E-state index >= 15 is 4.39 Å². The van der Waals surface area contributed by atoms with Gasteiger partial charge in [-0.3, -0.25) is 18.9 Å². The van der Waals surface area contributed by atoms with Crippen LogP contribution in [0.15, 0.2) is 35.1 Å². The summed E-state index contributed by atoms with van der Waals surface area (Å²) in [6.07, 6.45) is 1.95. The van der Waals surface area contributed by atoms with Crippen LogP contribution in [0.25, 0.3) is 26.1 Å². The molecule has 202 valence electrons. The molecule has 0 aliphatic carbocycles. The summed E-state index contributed by atoms with van der Waals surface area (Å²) in [5.41, 5.74) is 0.596. The highest BCUT2D eigenvalue weighted by Crippen LogP contribution is 2.32. The van der Waals surface area contributed by atoms with Crippen LogP contribution in [0.2, 0.25) is 0 Å². The SMILES string of the molecule is C.O=C(NCCN1CCC[C@@H]1CO)c1c(=O)c2cc(F)c(N3CCOCC3)nc2n2c1sc1ccccc12. The van der Waals surface area contributed by atoms with Gasteiger partial charge < -0.3 is 20.1 Å². The van der Waals surface area contributed by atoms with Crippen molar-refractivity contribution in [2.75, 3.05) is 57.4 Å². The molecule has 1 amide bonds. The molecule has 4 aromatic rings. The molecule has 0 unspecified atom stereocenters. The highest BCUT2D eigenvalue weighted by atomic mass is 32.1. The number of nitrogens with zero attached hydrogens (tertiary/aromatic N) is 4. The molecule has 0 radical (unpaired) electrons. The molecular weight excluding hydrogens is 509 g/mol. The summed E-state index contributed by atoms with van der Waals surface area (Å²) in [6, 6.07) is 8.94. The molecule has 0 bridgehead atoms. The number of rotatable bonds is 6. The summed E-state index contributed by atoms with van der Waals surface area (Å²) in [4.78, 5) is 36.2. The van der Waals surface area contributed by atoms with Gasteiger partial charge >= 0.3 is 0 Å². The maximum atomic E-state index is 15.3. The topological polar surface area (TPSA) is 99.4 Å². The molecule has 2 aliphatic rings. The second-order valence-electron chi connectivity index (χ2n) is 9.45. The van der Waals surface area contributed by atoms with Gasteiger partial charge in [0.25, 0.3) is 5.91 Å². The molecule has 2 fully saturated rings. The van der Waals surface area contributed by atoms with E-state index in [4.69, 9.17) is 4.74 Å². The number of likely N-dealkylation sites (tertiary alicyclic amines) is 1. The van der Waals surface area contributed by atoms with Crippen molar-refractivity contribution in [3.63, 3.8) is 0 Å². The first kappa shape index (κ1) is 26.5. The third-order valence-electron chi connectivity index (χ3n) is 7.28. The number of para-hydroxylation sites is 1. The van der Waals surface area contributed by atoms with Crippen molar-refractivity contribution in [3.8, 4) is 0 Å². The first-order valence-electron chi connectivity index (χ1n) is 12.6. The summed E-state index contributed by atoms with van der Waals surface area (Å²) >= 11 is 1.35. The Morgan fingerprint density at radius 1 is 1.24 bits per heavy atom. The van der Waals surface area contributed by atoms with Crippen LogP contribution in [0.1, 0.15) is 30.6 Å². The minimum absolute atomic E-state index is 0. The average Bonchev–Trinajstić information content (AvgIpc) is 3.53. The van der Waals surface area contributed by atoms with Crippen molar-refractivity contribution >= 4 is 49.1 Å². The third-order valence-corrected chi connectivity index (χ3v) is 8.43. The number of hydrogen-bond acceptors (Lipinski definition) is 8. The summed E-state index contributed by atoms with van der Waals surface area (Å²) in [6.45, 7) is 3.85. The minimum Gasteiger partial charge on any atom is -0.395 e. The number of carbonyl (C=O) groups is 1. The Labute approximate surface area is 223 Å². The Morgan fingerprint density at radius 3 is 2.82 bits per heavy atom. The maximum Gasteiger partial charge on any atom is 0.258 e. The summed E-state index contributed by atoms with van der Waals surface area (Å²) in [7, 11) is 0. The molecule has 38 heavy (non-hydrogen) atoms. The summed E-state index contributed by atoms with van der Waals surface area (Å²) in [5, 5.41) is 12.5. The highest BCUT2D eigenvalue weighted by molar-refractivity contribution is 7.24. The zero-order chi connectivity index (χ0) is 25.5. The summed E-state index contributed by atoms with van der Waals surface area (Å²) < 4.78 is 23.4. The Hall–Kier alpha value is -3.12. The third kappa shape index (κ3) is 4.53. The number of aromatic nitrogens is 2. The molecule has 1 aromatic carbocycles. The molecule has 6 rings (SSSR count). The summed E-state index contributed by atoms with van der Waals surface area (Å²) in [5.74, 6) is -0.907. The van der Waals surface area contributed by atoms with Crippen LogP contribution in [0.3, 0.4) is 0 Å².